The van der Waals surface area contributed by atoms with E-state index in [2.05, 4.69) is 15.9 Å². The van der Waals surface area contributed by atoms with Gasteiger partial charge in [0.05, 0.1) is 10.0 Å². The molecule has 1 N–H and O–H groups in total. The lowest BCUT2D eigenvalue weighted by Gasteiger charge is -2.17. The van der Waals surface area contributed by atoms with Gasteiger partial charge in [0.2, 0.25) is 0 Å². The maximum absolute atomic E-state index is 10.8. The fourth-order valence-corrected chi connectivity index (χ4v) is 3.25. The standard InChI is InChI=1S/C19H12BrCl3O/c20-13-4-1-11(2-5-13)16-10-14(21)6-7-15(16)19(24)12-3-8-17(22)18(23)9-12/h1-10,19,24H. The van der Waals surface area contributed by atoms with Crippen molar-refractivity contribution < 1.29 is 5.11 Å². The summed E-state index contributed by atoms with van der Waals surface area (Å²) in [4.78, 5) is 0. The SMILES string of the molecule is OC(c1ccc(Cl)c(Cl)c1)c1ccc(Cl)cc1-c1ccc(Br)cc1. The van der Waals surface area contributed by atoms with E-state index in [4.69, 9.17) is 34.8 Å². The molecule has 3 aromatic rings. The monoisotopic (exact) mass is 440 g/mol. The molecule has 0 fully saturated rings. The number of aliphatic hydroxyl groups is 1. The number of hydrogen-bond acceptors (Lipinski definition) is 1. The van der Waals surface area contributed by atoms with Crippen molar-refractivity contribution in [3.63, 3.8) is 0 Å². The third-order valence-corrected chi connectivity index (χ3v) is 5.23. The van der Waals surface area contributed by atoms with Crippen LogP contribution in [0.25, 0.3) is 11.1 Å². The van der Waals surface area contributed by atoms with Crippen molar-refractivity contribution in [3.05, 3.63) is 91.3 Å². The molecular weight excluding hydrogens is 430 g/mol. The van der Waals surface area contributed by atoms with Crippen LogP contribution < -0.4 is 0 Å². The largest absolute Gasteiger partial charge is 0.384 e. The Labute approximate surface area is 163 Å². The van der Waals surface area contributed by atoms with E-state index in [0.29, 0.717) is 20.6 Å². The maximum Gasteiger partial charge on any atom is 0.105 e. The lowest BCUT2D eigenvalue weighted by atomic mass is 9.93. The Morgan fingerprint density at radius 1 is 0.792 bits per heavy atom. The molecular formula is C19H12BrCl3O. The zero-order valence-corrected chi connectivity index (χ0v) is 16.2. The first-order chi connectivity index (χ1) is 11.5. The van der Waals surface area contributed by atoms with Crippen LogP contribution in [0.5, 0.6) is 0 Å². The minimum absolute atomic E-state index is 0.410. The topological polar surface area (TPSA) is 20.2 Å². The van der Waals surface area contributed by atoms with Crippen LogP contribution in [0.4, 0.5) is 0 Å². The molecule has 122 valence electrons. The zero-order valence-electron chi connectivity index (χ0n) is 12.3. The van der Waals surface area contributed by atoms with Crippen LogP contribution in [-0.4, -0.2) is 5.11 Å². The Kier molecular flexibility index (Phi) is 5.53. The van der Waals surface area contributed by atoms with E-state index in [9.17, 15) is 5.11 Å². The Hall–Kier alpha value is -1.03. The molecule has 5 heteroatoms. The van der Waals surface area contributed by atoms with E-state index in [1.807, 2.05) is 36.4 Å². The zero-order chi connectivity index (χ0) is 17.3. The number of benzene rings is 3. The molecule has 0 saturated carbocycles. The highest BCUT2D eigenvalue weighted by Crippen LogP contribution is 2.36. The predicted molar refractivity (Wildman–Crippen MR) is 105 cm³/mol. The molecule has 0 aliphatic carbocycles. The van der Waals surface area contributed by atoms with Crippen molar-refractivity contribution >= 4 is 50.7 Å². The number of hydrogen-bond donors (Lipinski definition) is 1. The summed E-state index contributed by atoms with van der Waals surface area (Å²) in [5.41, 5.74) is 3.26. The van der Waals surface area contributed by atoms with Gasteiger partial charge in [-0.25, -0.2) is 0 Å². The summed E-state index contributed by atoms with van der Waals surface area (Å²) in [6.45, 7) is 0. The van der Waals surface area contributed by atoms with Crippen molar-refractivity contribution in [2.75, 3.05) is 0 Å². The number of aliphatic hydroxyl groups excluding tert-OH is 1. The Morgan fingerprint density at radius 2 is 1.50 bits per heavy atom. The quantitative estimate of drug-likeness (QED) is 0.456. The molecule has 0 saturated heterocycles. The average molecular weight is 443 g/mol. The minimum Gasteiger partial charge on any atom is -0.384 e. The first-order valence-electron chi connectivity index (χ1n) is 7.14. The van der Waals surface area contributed by atoms with Gasteiger partial charge in [0.1, 0.15) is 6.10 Å². The summed E-state index contributed by atoms with van der Waals surface area (Å²) in [6, 6.07) is 18.4. The molecule has 1 unspecified atom stereocenters. The highest BCUT2D eigenvalue weighted by Gasteiger charge is 2.17. The molecule has 3 aromatic carbocycles. The van der Waals surface area contributed by atoms with Gasteiger partial charge in [-0.2, -0.15) is 0 Å². The van der Waals surface area contributed by atoms with Crippen molar-refractivity contribution in [2.45, 2.75) is 6.10 Å². The molecule has 0 aliphatic rings. The molecule has 3 rings (SSSR count). The fourth-order valence-electron chi connectivity index (χ4n) is 2.51. The summed E-state index contributed by atoms with van der Waals surface area (Å²) in [5.74, 6) is 0. The molecule has 0 spiro atoms. The van der Waals surface area contributed by atoms with Crippen LogP contribution in [0.2, 0.25) is 15.1 Å². The molecule has 24 heavy (non-hydrogen) atoms. The molecule has 1 atom stereocenters. The lowest BCUT2D eigenvalue weighted by Crippen LogP contribution is -2.02. The summed E-state index contributed by atoms with van der Waals surface area (Å²) < 4.78 is 0.986. The van der Waals surface area contributed by atoms with Crippen molar-refractivity contribution in [1.82, 2.24) is 0 Å². The van der Waals surface area contributed by atoms with Gasteiger partial charge in [0.15, 0.2) is 0 Å². The van der Waals surface area contributed by atoms with E-state index in [1.54, 1.807) is 24.3 Å². The van der Waals surface area contributed by atoms with Crippen LogP contribution in [0.1, 0.15) is 17.2 Å². The lowest BCUT2D eigenvalue weighted by molar-refractivity contribution is 0.221. The Balaban J connectivity index is 2.10. The average Bonchev–Trinajstić information content (AvgIpc) is 2.57. The van der Waals surface area contributed by atoms with Crippen LogP contribution in [-0.2, 0) is 0 Å². The van der Waals surface area contributed by atoms with E-state index >= 15 is 0 Å². The van der Waals surface area contributed by atoms with Gasteiger partial charge >= 0.3 is 0 Å². The van der Waals surface area contributed by atoms with E-state index in [1.165, 1.54) is 0 Å². The third-order valence-electron chi connectivity index (χ3n) is 3.72. The Bertz CT molecular complexity index is 878. The van der Waals surface area contributed by atoms with Gasteiger partial charge in [-0.1, -0.05) is 75.0 Å². The summed E-state index contributed by atoms with van der Waals surface area (Å²) in [6.07, 6.45) is -0.837. The number of halogens is 4. The van der Waals surface area contributed by atoms with Crippen molar-refractivity contribution in [2.24, 2.45) is 0 Å². The smallest absolute Gasteiger partial charge is 0.105 e. The molecule has 1 nitrogen and oxygen atoms in total. The summed E-state index contributed by atoms with van der Waals surface area (Å²) >= 11 is 21.6. The first kappa shape index (κ1) is 17.8. The first-order valence-corrected chi connectivity index (χ1v) is 9.07. The molecule has 0 heterocycles. The second kappa shape index (κ2) is 7.47. The summed E-state index contributed by atoms with van der Waals surface area (Å²) in [5, 5.41) is 12.3. The van der Waals surface area contributed by atoms with Gasteiger partial charge < -0.3 is 5.11 Å². The fraction of sp³-hybridized carbons (Fsp3) is 0.0526. The van der Waals surface area contributed by atoms with Crippen LogP contribution in [0, 0.1) is 0 Å². The van der Waals surface area contributed by atoms with Gasteiger partial charge in [-0.15, -0.1) is 0 Å². The third kappa shape index (κ3) is 3.79. The van der Waals surface area contributed by atoms with Crippen LogP contribution in [0.3, 0.4) is 0 Å². The molecule has 0 bridgehead atoms. The van der Waals surface area contributed by atoms with E-state index in [0.717, 1.165) is 21.2 Å². The number of rotatable bonds is 3. The predicted octanol–water partition coefficient (Wildman–Crippen LogP) is 7.16. The van der Waals surface area contributed by atoms with Crippen LogP contribution in [0.15, 0.2) is 65.1 Å². The molecule has 0 radical (unpaired) electrons. The minimum atomic E-state index is -0.837. The van der Waals surface area contributed by atoms with Crippen LogP contribution >= 0.6 is 50.7 Å². The summed E-state index contributed by atoms with van der Waals surface area (Å²) in [7, 11) is 0. The maximum atomic E-state index is 10.8. The normalized spacial score (nSPS) is 12.2. The van der Waals surface area contributed by atoms with Crippen molar-refractivity contribution in [1.29, 1.82) is 0 Å². The second-order valence-corrected chi connectivity index (χ2v) is 7.48. The van der Waals surface area contributed by atoms with Crippen molar-refractivity contribution in [3.8, 4) is 11.1 Å². The molecule has 0 aromatic heterocycles. The van der Waals surface area contributed by atoms with Gasteiger partial charge in [0, 0.05) is 9.50 Å². The molecule has 0 amide bonds. The highest BCUT2D eigenvalue weighted by molar-refractivity contribution is 9.10. The van der Waals surface area contributed by atoms with E-state index in [-0.39, 0.29) is 0 Å². The van der Waals surface area contributed by atoms with Gasteiger partial charge in [0.25, 0.3) is 0 Å². The van der Waals surface area contributed by atoms with E-state index < -0.39 is 6.10 Å². The van der Waals surface area contributed by atoms with Gasteiger partial charge in [-0.3, -0.25) is 0 Å². The molecule has 0 aliphatic heterocycles. The highest BCUT2D eigenvalue weighted by atomic mass is 79.9. The van der Waals surface area contributed by atoms with Gasteiger partial charge in [-0.05, 0) is 58.7 Å². The Morgan fingerprint density at radius 3 is 2.17 bits per heavy atom. The second-order valence-electron chi connectivity index (χ2n) is 5.31.